The molecule has 1 fully saturated rings. The van der Waals surface area contributed by atoms with Crippen LogP contribution in [0.15, 0.2) is 18.3 Å². The molecule has 2 rings (SSSR count). The van der Waals surface area contributed by atoms with Gasteiger partial charge in [0.2, 0.25) is 5.91 Å². The van der Waals surface area contributed by atoms with E-state index < -0.39 is 0 Å². The Bertz CT molecular complexity index is 492. The van der Waals surface area contributed by atoms with E-state index in [0.717, 1.165) is 38.0 Å². The standard InChI is InChI=1S/C15H20N4O/c1-2-4-15(20)18-13-5-3-8-19(11-13)14-7-6-12(9-16)17-10-14/h6-7,10,13H,2-5,8,11H2,1H3,(H,18,20)/t13-/m1/s1. The monoisotopic (exact) mass is 272 g/mol. The lowest BCUT2D eigenvalue weighted by atomic mass is 10.0. The zero-order chi connectivity index (χ0) is 14.4. The van der Waals surface area contributed by atoms with E-state index in [2.05, 4.69) is 15.2 Å². The zero-order valence-corrected chi connectivity index (χ0v) is 11.8. The van der Waals surface area contributed by atoms with Crippen molar-refractivity contribution in [3.05, 3.63) is 24.0 Å². The Balaban J connectivity index is 1.95. The number of aromatic nitrogens is 1. The van der Waals surface area contributed by atoms with E-state index in [-0.39, 0.29) is 11.9 Å². The minimum absolute atomic E-state index is 0.136. The van der Waals surface area contributed by atoms with Gasteiger partial charge < -0.3 is 10.2 Å². The van der Waals surface area contributed by atoms with Gasteiger partial charge in [0.1, 0.15) is 11.8 Å². The van der Waals surface area contributed by atoms with Crippen LogP contribution in [0.1, 0.15) is 38.3 Å². The first-order chi connectivity index (χ1) is 9.72. The Labute approximate surface area is 119 Å². The number of nitrogens with zero attached hydrogens (tertiary/aromatic N) is 3. The normalized spacial score (nSPS) is 18.4. The van der Waals surface area contributed by atoms with E-state index in [0.29, 0.717) is 12.1 Å². The second kappa shape index (κ2) is 6.90. The van der Waals surface area contributed by atoms with Crippen LogP contribution in [0.4, 0.5) is 5.69 Å². The molecule has 1 aliphatic heterocycles. The molecule has 5 nitrogen and oxygen atoms in total. The molecule has 0 aliphatic carbocycles. The maximum absolute atomic E-state index is 11.7. The summed E-state index contributed by atoms with van der Waals surface area (Å²) >= 11 is 0. The van der Waals surface area contributed by atoms with Crippen LogP contribution in [0.5, 0.6) is 0 Å². The van der Waals surface area contributed by atoms with Crippen LogP contribution in [0, 0.1) is 11.3 Å². The largest absolute Gasteiger partial charge is 0.368 e. The average Bonchev–Trinajstić information content (AvgIpc) is 2.48. The number of hydrogen-bond acceptors (Lipinski definition) is 4. The first kappa shape index (κ1) is 14.3. The highest BCUT2D eigenvalue weighted by atomic mass is 16.1. The summed E-state index contributed by atoms with van der Waals surface area (Å²) in [4.78, 5) is 18.0. The molecule has 1 aromatic rings. The van der Waals surface area contributed by atoms with Gasteiger partial charge in [-0.1, -0.05) is 6.92 Å². The molecular weight excluding hydrogens is 252 g/mol. The lowest BCUT2D eigenvalue weighted by Gasteiger charge is -2.34. The van der Waals surface area contributed by atoms with Crippen molar-refractivity contribution < 1.29 is 4.79 Å². The molecule has 1 amide bonds. The number of anilines is 1. The van der Waals surface area contributed by atoms with Gasteiger partial charge in [-0.15, -0.1) is 0 Å². The van der Waals surface area contributed by atoms with Gasteiger partial charge in [-0.2, -0.15) is 5.26 Å². The van der Waals surface area contributed by atoms with Crippen molar-refractivity contribution in [2.45, 2.75) is 38.6 Å². The fourth-order valence-corrected chi connectivity index (χ4v) is 2.50. The molecule has 1 N–H and O–H groups in total. The molecule has 2 heterocycles. The molecule has 5 heteroatoms. The quantitative estimate of drug-likeness (QED) is 0.908. The molecule has 1 aromatic heterocycles. The van der Waals surface area contributed by atoms with E-state index in [1.54, 1.807) is 12.3 Å². The second-order valence-corrected chi connectivity index (χ2v) is 5.12. The number of amides is 1. The summed E-state index contributed by atoms with van der Waals surface area (Å²) in [5.41, 5.74) is 1.44. The lowest BCUT2D eigenvalue weighted by Crippen LogP contribution is -2.47. The molecule has 1 aliphatic rings. The van der Waals surface area contributed by atoms with Crippen LogP contribution in [-0.2, 0) is 4.79 Å². The van der Waals surface area contributed by atoms with Crippen LogP contribution < -0.4 is 10.2 Å². The second-order valence-electron chi connectivity index (χ2n) is 5.12. The highest BCUT2D eigenvalue weighted by molar-refractivity contribution is 5.76. The van der Waals surface area contributed by atoms with Crippen molar-refractivity contribution in [1.82, 2.24) is 10.3 Å². The van der Waals surface area contributed by atoms with Crippen LogP contribution in [0.3, 0.4) is 0 Å². The Kier molecular flexibility index (Phi) is 4.94. The van der Waals surface area contributed by atoms with E-state index in [9.17, 15) is 4.79 Å². The van der Waals surface area contributed by atoms with Crippen LogP contribution in [0.25, 0.3) is 0 Å². The van der Waals surface area contributed by atoms with Gasteiger partial charge >= 0.3 is 0 Å². The van der Waals surface area contributed by atoms with E-state index in [4.69, 9.17) is 5.26 Å². The van der Waals surface area contributed by atoms with Crippen LogP contribution in [0.2, 0.25) is 0 Å². The first-order valence-electron chi connectivity index (χ1n) is 7.13. The molecule has 20 heavy (non-hydrogen) atoms. The SMILES string of the molecule is CCCC(=O)N[C@@H]1CCCN(c2ccc(C#N)nc2)C1. The van der Waals surface area contributed by atoms with Gasteiger partial charge in [0.15, 0.2) is 0 Å². The molecule has 0 radical (unpaired) electrons. The van der Waals surface area contributed by atoms with Gasteiger partial charge in [-0.3, -0.25) is 4.79 Å². The van der Waals surface area contributed by atoms with Crippen molar-refractivity contribution in [1.29, 1.82) is 5.26 Å². The van der Waals surface area contributed by atoms with E-state index >= 15 is 0 Å². The Morgan fingerprint density at radius 3 is 3.10 bits per heavy atom. The molecule has 0 unspecified atom stereocenters. The average molecular weight is 272 g/mol. The molecule has 0 bridgehead atoms. The molecular formula is C15H20N4O. The number of piperidine rings is 1. The maximum atomic E-state index is 11.7. The van der Waals surface area contributed by atoms with Crippen molar-refractivity contribution in [2.24, 2.45) is 0 Å². The van der Waals surface area contributed by atoms with Crippen molar-refractivity contribution in [3.63, 3.8) is 0 Å². The molecule has 106 valence electrons. The third kappa shape index (κ3) is 3.70. The summed E-state index contributed by atoms with van der Waals surface area (Å²) in [7, 11) is 0. The smallest absolute Gasteiger partial charge is 0.220 e. The van der Waals surface area contributed by atoms with E-state index in [1.807, 2.05) is 19.1 Å². The Morgan fingerprint density at radius 1 is 1.60 bits per heavy atom. The number of carbonyl (C=O) groups excluding carboxylic acids is 1. The first-order valence-corrected chi connectivity index (χ1v) is 7.13. The summed E-state index contributed by atoms with van der Waals surface area (Å²) < 4.78 is 0. The Morgan fingerprint density at radius 2 is 2.45 bits per heavy atom. The van der Waals surface area contributed by atoms with Gasteiger partial charge in [0, 0.05) is 25.6 Å². The minimum Gasteiger partial charge on any atom is -0.368 e. The summed E-state index contributed by atoms with van der Waals surface area (Å²) in [5, 5.41) is 11.8. The van der Waals surface area contributed by atoms with Gasteiger partial charge in [-0.25, -0.2) is 4.98 Å². The molecule has 0 saturated carbocycles. The predicted octanol–water partition coefficient (Wildman–Crippen LogP) is 1.84. The summed E-state index contributed by atoms with van der Waals surface area (Å²) in [5.74, 6) is 0.136. The van der Waals surface area contributed by atoms with Crippen molar-refractivity contribution >= 4 is 11.6 Å². The lowest BCUT2D eigenvalue weighted by molar-refractivity contribution is -0.121. The molecule has 1 atom stereocenters. The maximum Gasteiger partial charge on any atom is 0.220 e. The zero-order valence-electron chi connectivity index (χ0n) is 11.8. The molecule has 1 saturated heterocycles. The number of nitriles is 1. The number of rotatable bonds is 4. The minimum atomic E-state index is 0.136. The van der Waals surface area contributed by atoms with Gasteiger partial charge in [0.05, 0.1) is 11.9 Å². The third-order valence-corrected chi connectivity index (χ3v) is 3.49. The van der Waals surface area contributed by atoms with E-state index in [1.165, 1.54) is 0 Å². The molecule has 0 spiro atoms. The topological polar surface area (TPSA) is 69.0 Å². The fourth-order valence-electron chi connectivity index (χ4n) is 2.50. The van der Waals surface area contributed by atoms with Gasteiger partial charge in [0.25, 0.3) is 0 Å². The fraction of sp³-hybridized carbons (Fsp3) is 0.533. The van der Waals surface area contributed by atoms with Crippen molar-refractivity contribution in [2.75, 3.05) is 18.0 Å². The number of carbonyl (C=O) groups is 1. The highest BCUT2D eigenvalue weighted by Gasteiger charge is 2.21. The molecule has 0 aromatic carbocycles. The predicted molar refractivity (Wildman–Crippen MR) is 77.2 cm³/mol. The number of hydrogen-bond donors (Lipinski definition) is 1. The number of pyridine rings is 1. The summed E-state index contributed by atoms with van der Waals surface area (Å²) in [6.07, 6.45) is 5.28. The number of nitrogens with one attached hydrogen (secondary N) is 1. The summed E-state index contributed by atoms with van der Waals surface area (Å²) in [6, 6.07) is 5.88. The van der Waals surface area contributed by atoms with Crippen LogP contribution in [-0.4, -0.2) is 30.0 Å². The third-order valence-electron chi connectivity index (χ3n) is 3.49. The van der Waals surface area contributed by atoms with Gasteiger partial charge in [-0.05, 0) is 31.4 Å². The summed E-state index contributed by atoms with van der Waals surface area (Å²) in [6.45, 7) is 3.78. The van der Waals surface area contributed by atoms with Crippen molar-refractivity contribution in [3.8, 4) is 6.07 Å². The Hall–Kier alpha value is -2.09. The van der Waals surface area contributed by atoms with Crippen LogP contribution >= 0.6 is 0 Å². The highest BCUT2D eigenvalue weighted by Crippen LogP contribution is 2.19.